The van der Waals surface area contributed by atoms with Gasteiger partial charge in [0.25, 0.3) is 0 Å². The second-order valence-electron chi connectivity index (χ2n) is 8.17. The number of nitrogens with one attached hydrogen (secondary N) is 1. The molecule has 1 aliphatic rings. The molecule has 2 amide bonds. The van der Waals surface area contributed by atoms with Gasteiger partial charge in [0.1, 0.15) is 18.4 Å². The molecule has 0 radical (unpaired) electrons. The Morgan fingerprint density at radius 3 is 2.40 bits per heavy atom. The van der Waals surface area contributed by atoms with Crippen molar-refractivity contribution in [2.24, 2.45) is 0 Å². The Labute approximate surface area is 204 Å². The van der Waals surface area contributed by atoms with Crippen LogP contribution in [0.4, 0.5) is 10.1 Å². The Kier molecular flexibility index (Phi) is 8.55. The van der Waals surface area contributed by atoms with Crippen LogP contribution in [0.25, 0.3) is 0 Å². The number of amides is 2. The highest BCUT2D eigenvalue weighted by atomic mass is 32.2. The number of sulfonamides is 1. The Morgan fingerprint density at radius 2 is 1.77 bits per heavy atom. The molecule has 0 saturated heterocycles. The van der Waals surface area contributed by atoms with Crippen LogP contribution in [0.2, 0.25) is 0 Å². The van der Waals surface area contributed by atoms with Crippen molar-refractivity contribution in [3.05, 3.63) is 53.8 Å². The number of fused-ring (bicyclic) bond motifs is 1. The lowest BCUT2D eigenvalue weighted by molar-refractivity contribution is -0.140. The summed E-state index contributed by atoms with van der Waals surface area (Å²) in [5, 5.41) is 2.80. The zero-order valence-corrected chi connectivity index (χ0v) is 20.8. The molecule has 1 unspecified atom stereocenters. The van der Waals surface area contributed by atoms with E-state index in [1.165, 1.54) is 41.3 Å². The van der Waals surface area contributed by atoms with Gasteiger partial charge in [-0.1, -0.05) is 26.0 Å². The molecule has 11 heteroatoms. The van der Waals surface area contributed by atoms with Gasteiger partial charge in [0.05, 0.1) is 11.9 Å². The number of hydrogen-bond donors (Lipinski definition) is 1. The van der Waals surface area contributed by atoms with E-state index in [9.17, 15) is 22.4 Å². The van der Waals surface area contributed by atoms with Crippen molar-refractivity contribution in [3.8, 4) is 11.5 Å². The smallest absolute Gasteiger partial charge is 0.244 e. The minimum Gasteiger partial charge on any atom is -0.454 e. The lowest BCUT2D eigenvalue weighted by Crippen LogP contribution is -2.52. The average molecular weight is 508 g/mol. The number of halogens is 1. The fraction of sp³-hybridized carbons (Fsp3) is 0.417. The predicted octanol–water partition coefficient (Wildman–Crippen LogP) is 2.65. The lowest BCUT2D eigenvalue weighted by atomic mass is 10.1. The van der Waals surface area contributed by atoms with Gasteiger partial charge in [-0.05, 0) is 42.7 Å². The van der Waals surface area contributed by atoms with Gasteiger partial charge >= 0.3 is 0 Å². The molecule has 0 spiro atoms. The van der Waals surface area contributed by atoms with Gasteiger partial charge in [-0.15, -0.1) is 0 Å². The average Bonchev–Trinajstić information content (AvgIpc) is 3.29. The molecule has 0 aliphatic carbocycles. The molecule has 9 nitrogen and oxygen atoms in total. The molecule has 190 valence electrons. The SMILES string of the molecule is CCCNC(=O)C(CC)N(Cc1ccc(F)cc1)C(=O)CN(c1ccc2c(c1)OCO2)S(C)(=O)=O. The van der Waals surface area contributed by atoms with Crippen LogP contribution in [-0.4, -0.2) is 57.3 Å². The quantitative estimate of drug-likeness (QED) is 0.501. The number of nitrogens with zero attached hydrogens (tertiary/aromatic N) is 2. The molecule has 0 saturated carbocycles. The van der Waals surface area contributed by atoms with Crippen molar-refractivity contribution in [1.29, 1.82) is 0 Å². The third kappa shape index (κ3) is 6.62. The minimum atomic E-state index is -3.87. The largest absolute Gasteiger partial charge is 0.454 e. The highest BCUT2D eigenvalue weighted by molar-refractivity contribution is 7.92. The van der Waals surface area contributed by atoms with Crippen molar-refractivity contribution >= 4 is 27.5 Å². The molecule has 2 aromatic rings. The number of rotatable bonds is 11. The number of anilines is 1. The van der Waals surface area contributed by atoms with Gasteiger partial charge in [0.15, 0.2) is 11.5 Å². The summed E-state index contributed by atoms with van der Waals surface area (Å²) in [6.07, 6.45) is 2.03. The van der Waals surface area contributed by atoms with E-state index in [2.05, 4.69) is 5.32 Å². The van der Waals surface area contributed by atoms with Crippen molar-refractivity contribution in [2.45, 2.75) is 39.3 Å². The van der Waals surface area contributed by atoms with Crippen LogP contribution in [0, 0.1) is 5.82 Å². The lowest BCUT2D eigenvalue weighted by Gasteiger charge is -2.32. The van der Waals surface area contributed by atoms with E-state index in [-0.39, 0.29) is 24.9 Å². The third-order valence-electron chi connectivity index (χ3n) is 5.52. The first kappa shape index (κ1) is 26.3. The normalized spacial score (nSPS) is 13.3. The summed E-state index contributed by atoms with van der Waals surface area (Å²) in [4.78, 5) is 27.8. The maximum absolute atomic E-state index is 13.6. The fourth-order valence-electron chi connectivity index (χ4n) is 3.73. The van der Waals surface area contributed by atoms with E-state index < -0.39 is 34.3 Å². The topological polar surface area (TPSA) is 105 Å². The van der Waals surface area contributed by atoms with Crippen molar-refractivity contribution in [3.63, 3.8) is 0 Å². The summed E-state index contributed by atoms with van der Waals surface area (Å²) in [6.45, 7) is 3.63. The molecule has 2 aromatic carbocycles. The first-order valence-electron chi connectivity index (χ1n) is 11.3. The molecule has 3 rings (SSSR count). The Hall–Kier alpha value is -3.34. The summed E-state index contributed by atoms with van der Waals surface area (Å²) in [6, 6.07) is 9.35. The Balaban J connectivity index is 1.93. The van der Waals surface area contributed by atoms with Crippen LogP contribution in [0.15, 0.2) is 42.5 Å². The van der Waals surface area contributed by atoms with E-state index >= 15 is 0 Å². The second-order valence-corrected chi connectivity index (χ2v) is 10.1. The molecule has 0 fully saturated rings. The molecular formula is C24H30FN3O6S. The van der Waals surface area contributed by atoms with Crippen LogP contribution in [0.5, 0.6) is 11.5 Å². The number of hydrogen-bond acceptors (Lipinski definition) is 6. The first-order valence-corrected chi connectivity index (χ1v) is 13.2. The van der Waals surface area contributed by atoms with E-state index in [1.807, 2.05) is 6.92 Å². The molecule has 1 N–H and O–H groups in total. The Bertz CT molecular complexity index is 1160. The van der Waals surface area contributed by atoms with Crippen LogP contribution in [-0.2, 0) is 26.2 Å². The van der Waals surface area contributed by atoms with Crippen LogP contribution < -0.4 is 19.1 Å². The van der Waals surface area contributed by atoms with Crippen molar-refractivity contribution in [1.82, 2.24) is 10.2 Å². The summed E-state index contributed by atoms with van der Waals surface area (Å²) in [7, 11) is -3.87. The highest BCUT2D eigenvalue weighted by Gasteiger charge is 2.32. The number of ether oxygens (including phenoxy) is 2. The van der Waals surface area contributed by atoms with Gasteiger partial charge in [-0.25, -0.2) is 12.8 Å². The van der Waals surface area contributed by atoms with Gasteiger partial charge in [0.2, 0.25) is 28.6 Å². The van der Waals surface area contributed by atoms with Gasteiger partial charge < -0.3 is 19.7 Å². The van der Waals surface area contributed by atoms with Crippen LogP contribution in [0.3, 0.4) is 0 Å². The number of carbonyl (C=O) groups is 2. The third-order valence-corrected chi connectivity index (χ3v) is 6.67. The summed E-state index contributed by atoms with van der Waals surface area (Å²) < 4.78 is 50.3. The van der Waals surface area contributed by atoms with E-state index in [1.54, 1.807) is 13.0 Å². The second kappa shape index (κ2) is 11.4. The molecule has 1 atom stereocenters. The van der Waals surface area contributed by atoms with Gasteiger partial charge in [-0.2, -0.15) is 0 Å². The van der Waals surface area contributed by atoms with E-state index in [0.29, 0.717) is 30.0 Å². The summed E-state index contributed by atoms with van der Waals surface area (Å²) in [5.74, 6) is -0.484. The van der Waals surface area contributed by atoms with Crippen molar-refractivity contribution < 1.29 is 31.9 Å². The first-order chi connectivity index (χ1) is 16.6. The molecule has 0 aromatic heterocycles. The van der Waals surface area contributed by atoms with Gasteiger partial charge in [0, 0.05) is 19.2 Å². The summed E-state index contributed by atoms with van der Waals surface area (Å²) >= 11 is 0. The molecule has 1 heterocycles. The fourth-order valence-corrected chi connectivity index (χ4v) is 4.57. The van der Waals surface area contributed by atoms with Crippen LogP contribution in [0.1, 0.15) is 32.3 Å². The van der Waals surface area contributed by atoms with Crippen LogP contribution >= 0.6 is 0 Å². The highest BCUT2D eigenvalue weighted by Crippen LogP contribution is 2.36. The zero-order valence-electron chi connectivity index (χ0n) is 20.0. The van der Waals surface area contributed by atoms with E-state index in [4.69, 9.17) is 9.47 Å². The summed E-state index contributed by atoms with van der Waals surface area (Å²) in [5.41, 5.74) is 0.839. The maximum Gasteiger partial charge on any atom is 0.244 e. The molecule has 35 heavy (non-hydrogen) atoms. The predicted molar refractivity (Wildman–Crippen MR) is 129 cm³/mol. The number of benzene rings is 2. The van der Waals surface area contributed by atoms with E-state index in [0.717, 1.165) is 17.0 Å². The Morgan fingerprint density at radius 1 is 1.09 bits per heavy atom. The molecule has 0 bridgehead atoms. The molecule has 1 aliphatic heterocycles. The van der Waals surface area contributed by atoms with Crippen molar-refractivity contribution in [2.75, 3.05) is 30.4 Å². The molecular weight excluding hydrogens is 477 g/mol. The maximum atomic E-state index is 13.6. The zero-order chi connectivity index (χ0) is 25.6. The minimum absolute atomic E-state index is 0.00983. The van der Waals surface area contributed by atoms with Gasteiger partial charge in [-0.3, -0.25) is 13.9 Å². The standard InChI is InChI=1S/C24H30FN3O6S/c1-4-12-26-24(30)20(5-2)27(14-17-6-8-18(25)9-7-17)23(29)15-28(35(3,31)32)19-10-11-21-22(13-19)34-16-33-21/h6-11,13,20H,4-5,12,14-16H2,1-3H3,(H,26,30). The monoisotopic (exact) mass is 507 g/mol. The number of carbonyl (C=O) groups excluding carboxylic acids is 2.